The zero-order valence-electron chi connectivity index (χ0n) is 8.80. The van der Waals surface area contributed by atoms with Gasteiger partial charge in [-0.25, -0.2) is 0 Å². The van der Waals surface area contributed by atoms with Gasteiger partial charge in [0, 0.05) is 12.5 Å². The number of benzene rings is 1. The Kier molecular flexibility index (Phi) is 2.54. The summed E-state index contributed by atoms with van der Waals surface area (Å²) in [5.41, 5.74) is 6.30. The Hall–Kier alpha value is -2.01. The minimum atomic E-state index is -0.548. The van der Waals surface area contributed by atoms with E-state index in [4.69, 9.17) is 10.5 Å². The van der Waals surface area contributed by atoms with Crippen LogP contribution in [0, 0.1) is 0 Å². The van der Waals surface area contributed by atoms with E-state index in [9.17, 15) is 9.90 Å². The van der Waals surface area contributed by atoms with Crippen molar-refractivity contribution in [3.05, 3.63) is 30.0 Å². The maximum atomic E-state index is 11.2. The molecular weight excluding hydrogens is 208 g/mol. The second-order valence-corrected chi connectivity index (χ2v) is 3.45. The Labute approximate surface area is 92.0 Å². The lowest BCUT2D eigenvalue weighted by molar-refractivity contribution is 0.0961. The van der Waals surface area contributed by atoms with E-state index in [1.807, 2.05) is 0 Å². The van der Waals surface area contributed by atoms with Crippen LogP contribution >= 0.6 is 0 Å². The molecule has 0 saturated heterocycles. The number of aromatic hydroxyl groups is 1. The molecule has 1 amide bonds. The maximum Gasteiger partial charge on any atom is 0.265 e. The van der Waals surface area contributed by atoms with Crippen LogP contribution in [0.2, 0.25) is 0 Å². The number of hydrogen-bond donors (Lipinski definition) is 2. The molecule has 2 aromatic rings. The van der Waals surface area contributed by atoms with Gasteiger partial charge in [0.25, 0.3) is 5.91 Å². The largest absolute Gasteiger partial charge is 0.507 e. The molecule has 5 nitrogen and oxygen atoms in total. The molecule has 0 aliphatic carbocycles. The first-order valence-electron chi connectivity index (χ1n) is 4.75. The predicted molar refractivity (Wildman–Crippen MR) is 59.1 cm³/mol. The molecule has 0 aliphatic rings. The van der Waals surface area contributed by atoms with Crippen LogP contribution in [-0.2, 0) is 11.5 Å². The lowest BCUT2D eigenvalue weighted by Crippen LogP contribution is -2.17. The molecule has 0 saturated carbocycles. The summed E-state index contributed by atoms with van der Waals surface area (Å²) in [4.78, 5) is 11.2. The third-order valence-corrected chi connectivity index (χ3v) is 2.43. The van der Waals surface area contributed by atoms with E-state index in [2.05, 4.69) is 0 Å². The molecule has 16 heavy (non-hydrogen) atoms. The second-order valence-electron chi connectivity index (χ2n) is 3.45. The summed E-state index contributed by atoms with van der Waals surface area (Å²) in [6.45, 7) is 0.214. The third kappa shape index (κ3) is 1.51. The van der Waals surface area contributed by atoms with Gasteiger partial charge < -0.3 is 20.1 Å². The first kappa shape index (κ1) is 10.5. The second kappa shape index (κ2) is 3.86. The average molecular weight is 220 g/mol. The molecule has 1 aromatic heterocycles. The van der Waals surface area contributed by atoms with Gasteiger partial charge in [-0.3, -0.25) is 4.79 Å². The number of phenols is 1. The van der Waals surface area contributed by atoms with Gasteiger partial charge in [-0.05, 0) is 18.2 Å². The summed E-state index contributed by atoms with van der Waals surface area (Å²) in [5, 5.41) is 10.2. The van der Waals surface area contributed by atoms with Gasteiger partial charge in [0.15, 0.2) is 0 Å². The van der Waals surface area contributed by atoms with Gasteiger partial charge in [0.2, 0.25) is 0 Å². The minimum absolute atomic E-state index is 0.120. The quantitative estimate of drug-likeness (QED) is 0.811. The van der Waals surface area contributed by atoms with Crippen molar-refractivity contribution < 1.29 is 14.6 Å². The summed E-state index contributed by atoms with van der Waals surface area (Å²) >= 11 is 0. The standard InChI is InChI=1S/C11H12N2O3/c1-16-6-13-8-3-2-4-10(14)7(8)5-9(13)11(12)15/h2-5,14H,6H2,1H3,(H2,12,15). The van der Waals surface area contributed by atoms with Crippen molar-refractivity contribution in [2.24, 2.45) is 5.73 Å². The molecule has 84 valence electrons. The fraction of sp³-hybridized carbons (Fsp3) is 0.182. The molecule has 2 rings (SSSR count). The number of fused-ring (bicyclic) bond motifs is 1. The average Bonchev–Trinajstić information content (AvgIpc) is 2.60. The number of primary amides is 1. The summed E-state index contributed by atoms with van der Waals surface area (Å²) in [6.07, 6.45) is 0. The van der Waals surface area contributed by atoms with E-state index in [1.165, 1.54) is 7.11 Å². The normalized spacial score (nSPS) is 10.8. The highest BCUT2D eigenvalue weighted by Crippen LogP contribution is 2.27. The van der Waals surface area contributed by atoms with Crippen molar-refractivity contribution >= 4 is 16.8 Å². The number of amides is 1. The van der Waals surface area contributed by atoms with E-state index >= 15 is 0 Å². The summed E-state index contributed by atoms with van der Waals surface area (Å²) in [7, 11) is 1.53. The van der Waals surface area contributed by atoms with Gasteiger partial charge in [-0.15, -0.1) is 0 Å². The highest BCUT2D eigenvalue weighted by atomic mass is 16.5. The topological polar surface area (TPSA) is 77.5 Å². The van der Waals surface area contributed by atoms with Gasteiger partial charge in [-0.2, -0.15) is 0 Å². The molecule has 0 radical (unpaired) electrons. The SMILES string of the molecule is COCn1c(C(N)=O)cc2c(O)cccc21. The van der Waals surface area contributed by atoms with Crippen molar-refractivity contribution in [2.75, 3.05) is 7.11 Å². The molecule has 0 spiro atoms. The first-order valence-corrected chi connectivity index (χ1v) is 4.75. The Bertz CT molecular complexity index is 545. The number of nitrogens with two attached hydrogens (primary N) is 1. The molecular formula is C11H12N2O3. The van der Waals surface area contributed by atoms with Crippen molar-refractivity contribution in [1.29, 1.82) is 0 Å². The van der Waals surface area contributed by atoms with Crippen LogP contribution in [0.15, 0.2) is 24.3 Å². The van der Waals surface area contributed by atoms with E-state index in [-0.39, 0.29) is 12.5 Å². The summed E-state index contributed by atoms with van der Waals surface area (Å²) < 4.78 is 6.62. The molecule has 3 N–H and O–H groups in total. The third-order valence-electron chi connectivity index (χ3n) is 2.43. The van der Waals surface area contributed by atoms with Crippen LogP contribution in [0.5, 0.6) is 5.75 Å². The van der Waals surface area contributed by atoms with Crippen molar-refractivity contribution in [3.63, 3.8) is 0 Å². The van der Waals surface area contributed by atoms with Crippen LogP contribution in [0.25, 0.3) is 10.9 Å². The summed E-state index contributed by atoms with van der Waals surface area (Å²) in [6, 6.07) is 6.62. The van der Waals surface area contributed by atoms with Crippen molar-refractivity contribution in [2.45, 2.75) is 6.73 Å². The number of carbonyl (C=O) groups is 1. The van der Waals surface area contributed by atoms with Crippen LogP contribution in [0.3, 0.4) is 0 Å². The lowest BCUT2D eigenvalue weighted by atomic mass is 10.2. The maximum absolute atomic E-state index is 11.2. The molecule has 0 fully saturated rings. The molecule has 5 heteroatoms. The monoisotopic (exact) mass is 220 g/mol. The molecule has 0 atom stereocenters. The number of carbonyl (C=O) groups excluding carboxylic acids is 1. The molecule has 1 heterocycles. The zero-order chi connectivity index (χ0) is 11.7. The van der Waals surface area contributed by atoms with Crippen molar-refractivity contribution in [3.8, 4) is 5.75 Å². The number of nitrogens with zero attached hydrogens (tertiary/aromatic N) is 1. The minimum Gasteiger partial charge on any atom is -0.507 e. The van der Waals surface area contributed by atoms with E-state index in [0.29, 0.717) is 11.1 Å². The predicted octanol–water partition coefficient (Wildman–Crippen LogP) is 1.05. The van der Waals surface area contributed by atoms with Gasteiger partial charge in [0.1, 0.15) is 18.2 Å². The molecule has 1 aromatic carbocycles. The van der Waals surface area contributed by atoms with Gasteiger partial charge in [-0.1, -0.05) is 6.07 Å². The molecule has 0 unspecified atom stereocenters. The lowest BCUT2D eigenvalue weighted by Gasteiger charge is -2.06. The fourth-order valence-electron chi connectivity index (χ4n) is 1.74. The van der Waals surface area contributed by atoms with Gasteiger partial charge in [0.05, 0.1) is 5.52 Å². The Morgan fingerprint density at radius 1 is 1.56 bits per heavy atom. The fourth-order valence-corrected chi connectivity index (χ4v) is 1.74. The Morgan fingerprint density at radius 2 is 2.31 bits per heavy atom. The van der Waals surface area contributed by atoms with E-state index < -0.39 is 5.91 Å². The van der Waals surface area contributed by atoms with Gasteiger partial charge >= 0.3 is 0 Å². The first-order chi connectivity index (χ1) is 7.65. The smallest absolute Gasteiger partial charge is 0.265 e. The highest BCUT2D eigenvalue weighted by Gasteiger charge is 2.14. The van der Waals surface area contributed by atoms with Crippen LogP contribution < -0.4 is 5.73 Å². The van der Waals surface area contributed by atoms with E-state index in [0.717, 1.165) is 5.52 Å². The van der Waals surface area contributed by atoms with Crippen LogP contribution in [0.1, 0.15) is 10.5 Å². The van der Waals surface area contributed by atoms with Crippen LogP contribution in [-0.4, -0.2) is 22.7 Å². The Morgan fingerprint density at radius 3 is 2.94 bits per heavy atom. The zero-order valence-corrected chi connectivity index (χ0v) is 8.80. The number of ether oxygens (including phenoxy) is 1. The number of hydrogen-bond acceptors (Lipinski definition) is 3. The summed E-state index contributed by atoms with van der Waals surface area (Å²) in [5.74, 6) is -0.428. The number of rotatable bonds is 3. The molecule has 0 aliphatic heterocycles. The number of aromatic nitrogens is 1. The van der Waals surface area contributed by atoms with Crippen LogP contribution in [0.4, 0.5) is 0 Å². The van der Waals surface area contributed by atoms with Crippen molar-refractivity contribution in [1.82, 2.24) is 4.57 Å². The Balaban J connectivity index is 2.75. The number of methoxy groups -OCH3 is 1. The van der Waals surface area contributed by atoms with E-state index in [1.54, 1.807) is 28.8 Å². The highest BCUT2D eigenvalue weighted by molar-refractivity contribution is 5.99. The number of phenolic OH excluding ortho intramolecular Hbond substituents is 1. The molecule has 0 bridgehead atoms.